The molecule has 0 bridgehead atoms. The summed E-state index contributed by atoms with van der Waals surface area (Å²) in [5, 5.41) is 4.91. The van der Waals surface area contributed by atoms with Gasteiger partial charge in [0.1, 0.15) is 5.82 Å². The maximum absolute atomic E-state index is 13.1. The molecular formula is C22H22Br2N4O4. The Hall–Kier alpha value is -2.72. The molecule has 0 saturated carbocycles. The van der Waals surface area contributed by atoms with Crippen molar-refractivity contribution in [3.63, 3.8) is 0 Å². The molecule has 168 valence electrons. The number of primary amides is 1. The number of rotatable bonds is 9. The van der Waals surface area contributed by atoms with Crippen LogP contribution in [0.5, 0.6) is 11.5 Å². The molecule has 1 heterocycles. The number of fused-ring (bicyclic) bond motifs is 1. The Balaban J connectivity index is 2.06. The Morgan fingerprint density at radius 2 is 2.00 bits per heavy atom. The second-order valence-electron chi connectivity index (χ2n) is 6.82. The zero-order chi connectivity index (χ0) is 23.3. The van der Waals surface area contributed by atoms with Gasteiger partial charge in [-0.05, 0) is 65.2 Å². The molecule has 3 aromatic rings. The smallest absolute Gasteiger partial charge is 0.282 e. The van der Waals surface area contributed by atoms with Gasteiger partial charge >= 0.3 is 0 Å². The summed E-state index contributed by atoms with van der Waals surface area (Å²) < 4.78 is 13.8. The van der Waals surface area contributed by atoms with E-state index in [0.717, 1.165) is 10.9 Å². The van der Waals surface area contributed by atoms with E-state index in [2.05, 4.69) is 41.9 Å². The van der Waals surface area contributed by atoms with Crippen LogP contribution in [0.3, 0.4) is 0 Å². The Kier molecular flexibility index (Phi) is 8.03. The molecule has 8 nitrogen and oxygen atoms in total. The number of amides is 1. The Bertz CT molecular complexity index is 1240. The molecule has 0 fully saturated rings. The van der Waals surface area contributed by atoms with Crippen LogP contribution in [-0.2, 0) is 11.2 Å². The van der Waals surface area contributed by atoms with Crippen LogP contribution in [0.25, 0.3) is 10.9 Å². The van der Waals surface area contributed by atoms with Gasteiger partial charge in [0.15, 0.2) is 18.1 Å². The van der Waals surface area contributed by atoms with Gasteiger partial charge in [-0.2, -0.15) is 9.78 Å². The van der Waals surface area contributed by atoms with Crippen LogP contribution in [0, 0.1) is 0 Å². The number of nitrogens with two attached hydrogens (primary N) is 1. The van der Waals surface area contributed by atoms with Crippen LogP contribution >= 0.6 is 31.9 Å². The van der Waals surface area contributed by atoms with Crippen molar-refractivity contribution in [1.82, 2.24) is 9.66 Å². The Morgan fingerprint density at radius 1 is 1.22 bits per heavy atom. The number of ether oxygens (including phenoxy) is 2. The number of aryl methyl sites for hydroxylation is 1. The van der Waals surface area contributed by atoms with Crippen LogP contribution in [0.15, 0.2) is 49.2 Å². The summed E-state index contributed by atoms with van der Waals surface area (Å²) in [6.45, 7) is 3.97. The molecule has 2 aromatic carbocycles. The minimum absolute atomic E-state index is 0.249. The van der Waals surface area contributed by atoms with Crippen molar-refractivity contribution in [3.8, 4) is 11.5 Å². The molecule has 1 aromatic heterocycles. The summed E-state index contributed by atoms with van der Waals surface area (Å²) in [7, 11) is 0. The monoisotopic (exact) mass is 564 g/mol. The number of nitrogens with zero attached hydrogens (tertiary/aromatic N) is 3. The summed E-state index contributed by atoms with van der Waals surface area (Å²) in [5.41, 5.74) is 6.22. The maximum Gasteiger partial charge on any atom is 0.282 e. The van der Waals surface area contributed by atoms with E-state index in [-0.39, 0.29) is 12.2 Å². The molecular weight excluding hydrogens is 544 g/mol. The van der Waals surface area contributed by atoms with Crippen molar-refractivity contribution in [3.05, 3.63) is 61.0 Å². The lowest BCUT2D eigenvalue weighted by molar-refractivity contribution is -0.119. The van der Waals surface area contributed by atoms with Crippen LogP contribution < -0.4 is 20.8 Å². The Labute approximate surface area is 201 Å². The first kappa shape index (κ1) is 23.9. The molecule has 0 aliphatic rings. The number of halogens is 2. The summed E-state index contributed by atoms with van der Waals surface area (Å²) in [4.78, 5) is 28.8. The molecule has 0 aliphatic carbocycles. The zero-order valence-corrected chi connectivity index (χ0v) is 20.8. The van der Waals surface area contributed by atoms with E-state index in [1.165, 1.54) is 4.68 Å². The number of benzene rings is 2. The summed E-state index contributed by atoms with van der Waals surface area (Å²) in [6, 6.07) is 8.86. The van der Waals surface area contributed by atoms with Crippen molar-refractivity contribution < 1.29 is 14.3 Å². The van der Waals surface area contributed by atoms with Crippen molar-refractivity contribution in [2.45, 2.75) is 26.7 Å². The standard InChI is InChI=1S/C22H22Br2N4O4/c1-3-5-20-27-17-7-6-14(23)10-15(17)22(30)28(20)26-11-13-8-16(24)21(32-12-19(25)29)18(9-13)31-4-2/h6-11H,3-5,12H2,1-2H3,(H2,25,29). The molecule has 1 amide bonds. The van der Waals surface area contributed by atoms with Crippen molar-refractivity contribution in [2.24, 2.45) is 10.8 Å². The van der Waals surface area contributed by atoms with E-state index < -0.39 is 5.91 Å². The van der Waals surface area contributed by atoms with Crippen molar-refractivity contribution in [1.29, 1.82) is 0 Å². The second kappa shape index (κ2) is 10.7. The number of carbonyl (C=O) groups excluding carboxylic acids is 1. The van der Waals surface area contributed by atoms with Crippen molar-refractivity contribution >= 4 is 54.9 Å². The quantitative estimate of drug-likeness (QED) is 0.394. The zero-order valence-electron chi connectivity index (χ0n) is 17.6. The number of carbonyl (C=O) groups is 1. The van der Waals surface area contributed by atoms with E-state index in [1.54, 1.807) is 24.4 Å². The topological polar surface area (TPSA) is 109 Å². The molecule has 2 N–H and O–H groups in total. The number of hydrogen-bond donors (Lipinski definition) is 1. The minimum Gasteiger partial charge on any atom is -0.490 e. The van der Waals surface area contributed by atoms with Gasteiger partial charge in [0.05, 0.1) is 28.2 Å². The number of hydrogen-bond acceptors (Lipinski definition) is 6. The third-order valence-corrected chi connectivity index (χ3v) is 5.44. The lowest BCUT2D eigenvalue weighted by atomic mass is 10.2. The van der Waals surface area contributed by atoms with Gasteiger partial charge in [-0.3, -0.25) is 9.59 Å². The molecule has 10 heteroatoms. The summed E-state index contributed by atoms with van der Waals surface area (Å²) >= 11 is 6.83. The van der Waals surface area contributed by atoms with Gasteiger partial charge in [0.25, 0.3) is 11.5 Å². The van der Waals surface area contributed by atoms with E-state index in [0.29, 0.717) is 51.3 Å². The van der Waals surface area contributed by atoms with Crippen LogP contribution in [0.2, 0.25) is 0 Å². The molecule has 0 atom stereocenters. The highest BCUT2D eigenvalue weighted by Gasteiger charge is 2.14. The predicted molar refractivity (Wildman–Crippen MR) is 131 cm³/mol. The normalized spacial score (nSPS) is 11.2. The Morgan fingerprint density at radius 3 is 2.69 bits per heavy atom. The SMILES string of the molecule is CCCc1nc2ccc(Br)cc2c(=O)n1N=Cc1cc(Br)c(OCC(N)=O)c(OCC)c1. The van der Waals surface area contributed by atoms with E-state index in [1.807, 2.05) is 26.0 Å². The highest BCUT2D eigenvalue weighted by atomic mass is 79.9. The molecule has 3 rings (SSSR count). The van der Waals surface area contributed by atoms with Gasteiger partial charge in [0, 0.05) is 10.9 Å². The van der Waals surface area contributed by atoms with Crippen LogP contribution in [-0.4, -0.2) is 35.0 Å². The van der Waals surface area contributed by atoms with E-state index in [9.17, 15) is 9.59 Å². The van der Waals surface area contributed by atoms with Gasteiger partial charge < -0.3 is 15.2 Å². The lowest BCUT2D eigenvalue weighted by Crippen LogP contribution is -2.22. The fourth-order valence-corrected chi connectivity index (χ4v) is 3.97. The second-order valence-corrected chi connectivity index (χ2v) is 8.59. The third kappa shape index (κ3) is 5.55. The summed E-state index contributed by atoms with van der Waals surface area (Å²) in [5.74, 6) is 0.771. The van der Waals surface area contributed by atoms with Gasteiger partial charge in [-0.25, -0.2) is 4.98 Å². The molecule has 0 radical (unpaired) electrons. The van der Waals surface area contributed by atoms with Crippen molar-refractivity contribution in [2.75, 3.05) is 13.2 Å². The number of aromatic nitrogens is 2. The van der Waals surface area contributed by atoms with E-state index >= 15 is 0 Å². The first-order chi connectivity index (χ1) is 15.3. The average molecular weight is 566 g/mol. The molecule has 32 heavy (non-hydrogen) atoms. The molecule has 0 unspecified atom stereocenters. The molecule has 0 spiro atoms. The van der Waals surface area contributed by atoms with Gasteiger partial charge in [-0.15, -0.1) is 0 Å². The first-order valence-corrected chi connectivity index (χ1v) is 11.6. The predicted octanol–water partition coefficient (Wildman–Crippen LogP) is 4.02. The third-order valence-electron chi connectivity index (χ3n) is 4.36. The fraction of sp³-hybridized carbons (Fsp3) is 0.273. The van der Waals surface area contributed by atoms with Crippen LogP contribution in [0.1, 0.15) is 31.7 Å². The summed E-state index contributed by atoms with van der Waals surface area (Å²) in [6.07, 6.45) is 2.97. The van der Waals surface area contributed by atoms with Crippen LogP contribution in [0.4, 0.5) is 0 Å². The van der Waals surface area contributed by atoms with Gasteiger partial charge in [0.2, 0.25) is 0 Å². The largest absolute Gasteiger partial charge is 0.490 e. The minimum atomic E-state index is -0.594. The lowest BCUT2D eigenvalue weighted by Gasteiger charge is -2.14. The molecule has 0 saturated heterocycles. The highest BCUT2D eigenvalue weighted by Crippen LogP contribution is 2.36. The first-order valence-electron chi connectivity index (χ1n) is 9.97. The van der Waals surface area contributed by atoms with Gasteiger partial charge in [-0.1, -0.05) is 22.9 Å². The highest BCUT2D eigenvalue weighted by molar-refractivity contribution is 9.10. The van der Waals surface area contributed by atoms with E-state index in [4.69, 9.17) is 15.2 Å². The maximum atomic E-state index is 13.1. The average Bonchev–Trinajstić information content (AvgIpc) is 2.74. The fourth-order valence-electron chi connectivity index (χ4n) is 3.03. The molecule has 0 aliphatic heterocycles.